The molecule has 0 fully saturated rings. The van der Waals surface area contributed by atoms with Crippen molar-refractivity contribution in [2.75, 3.05) is 17.3 Å². The quantitative estimate of drug-likeness (QED) is 0.838. The Bertz CT molecular complexity index is 398. The maximum atomic E-state index is 4.69. The Kier molecular flexibility index (Phi) is 4.40. The summed E-state index contributed by atoms with van der Waals surface area (Å²) < 4.78 is 0. The maximum Gasteiger partial charge on any atom is 0.161 e. The molecule has 1 atom stereocenters. The van der Waals surface area contributed by atoms with Gasteiger partial charge in [-0.3, -0.25) is 4.99 Å². The van der Waals surface area contributed by atoms with Gasteiger partial charge >= 0.3 is 0 Å². The fraction of sp³-hybridized carbons (Fsp3) is 0.462. The zero-order valence-corrected chi connectivity index (χ0v) is 12.1. The van der Waals surface area contributed by atoms with Crippen molar-refractivity contribution in [2.45, 2.75) is 24.8 Å². The van der Waals surface area contributed by atoms with Crippen molar-refractivity contribution in [2.24, 2.45) is 10.9 Å². The molecule has 92 valence electrons. The molecule has 0 amide bonds. The first-order valence-electron chi connectivity index (χ1n) is 5.80. The summed E-state index contributed by atoms with van der Waals surface area (Å²) in [4.78, 5) is 5.98. The van der Waals surface area contributed by atoms with Gasteiger partial charge in [-0.15, -0.1) is 11.8 Å². The van der Waals surface area contributed by atoms with Gasteiger partial charge in [0.25, 0.3) is 0 Å². The minimum atomic E-state index is 0.466. The van der Waals surface area contributed by atoms with E-state index in [0.717, 1.165) is 16.6 Å². The molecule has 0 aromatic heterocycles. The monoisotopic (exact) mass is 266 g/mol. The highest BCUT2D eigenvalue weighted by molar-refractivity contribution is 8.14. The highest BCUT2D eigenvalue weighted by atomic mass is 32.2. The number of rotatable bonds is 3. The largest absolute Gasteiger partial charge is 0.335 e. The first kappa shape index (κ1) is 12.8. The molecule has 0 aliphatic carbocycles. The standard InChI is InChI=1S/C13H18N2S2/c1-9(2)12-8-17-13(15-12)14-10-4-6-11(16-3)7-5-10/h4-7,9,12H,8H2,1-3H3,(H,14,15). The first-order chi connectivity index (χ1) is 8.19. The van der Waals surface area contributed by atoms with Crippen molar-refractivity contribution in [3.8, 4) is 0 Å². The zero-order valence-electron chi connectivity index (χ0n) is 10.4. The lowest BCUT2D eigenvalue weighted by Crippen LogP contribution is -2.12. The van der Waals surface area contributed by atoms with E-state index in [1.807, 2.05) is 11.8 Å². The number of aliphatic imine (C=N–C) groups is 1. The summed E-state index contributed by atoms with van der Waals surface area (Å²) in [6, 6.07) is 8.95. The molecule has 1 aromatic carbocycles. The third-order valence-electron chi connectivity index (χ3n) is 2.78. The molecule has 2 nitrogen and oxygen atoms in total. The minimum Gasteiger partial charge on any atom is -0.335 e. The molecule has 2 rings (SSSR count). The summed E-state index contributed by atoms with van der Waals surface area (Å²) in [6.45, 7) is 4.45. The molecule has 1 N–H and O–H groups in total. The first-order valence-corrected chi connectivity index (χ1v) is 8.01. The van der Waals surface area contributed by atoms with Gasteiger partial charge in [0.15, 0.2) is 5.17 Å². The van der Waals surface area contributed by atoms with E-state index in [9.17, 15) is 0 Å². The third kappa shape index (κ3) is 3.42. The Hall–Kier alpha value is -0.610. The third-order valence-corrected chi connectivity index (χ3v) is 4.52. The van der Waals surface area contributed by atoms with Crippen LogP contribution in [0.15, 0.2) is 34.2 Å². The zero-order chi connectivity index (χ0) is 12.3. The molecule has 0 saturated heterocycles. The van der Waals surface area contributed by atoms with E-state index in [4.69, 9.17) is 0 Å². The Labute approximate surface area is 112 Å². The SMILES string of the molecule is CSc1ccc(NC2=NC(C(C)C)CS2)cc1. The van der Waals surface area contributed by atoms with Crippen molar-refractivity contribution in [1.82, 2.24) is 0 Å². The molecular formula is C13H18N2S2. The molecule has 0 bridgehead atoms. The predicted octanol–water partition coefficient (Wildman–Crippen LogP) is 3.95. The molecular weight excluding hydrogens is 248 g/mol. The van der Waals surface area contributed by atoms with Crippen LogP contribution in [0.3, 0.4) is 0 Å². The van der Waals surface area contributed by atoms with Crippen LogP contribution < -0.4 is 5.32 Å². The summed E-state index contributed by atoms with van der Waals surface area (Å²) in [5, 5.41) is 4.44. The minimum absolute atomic E-state index is 0.466. The molecule has 1 heterocycles. The van der Waals surface area contributed by atoms with Gasteiger partial charge in [0.05, 0.1) is 6.04 Å². The lowest BCUT2D eigenvalue weighted by Gasteiger charge is -2.08. The molecule has 1 aromatic rings. The number of thioether (sulfide) groups is 2. The van der Waals surface area contributed by atoms with Gasteiger partial charge in [-0.2, -0.15) is 0 Å². The molecule has 1 unspecified atom stereocenters. The normalized spacial score (nSPS) is 19.5. The van der Waals surface area contributed by atoms with E-state index in [1.54, 1.807) is 11.8 Å². The Morgan fingerprint density at radius 3 is 2.59 bits per heavy atom. The van der Waals surface area contributed by atoms with Crippen LogP contribution in [0.4, 0.5) is 5.69 Å². The van der Waals surface area contributed by atoms with Crippen LogP contribution in [-0.4, -0.2) is 23.2 Å². The fourth-order valence-electron chi connectivity index (χ4n) is 1.60. The van der Waals surface area contributed by atoms with Crippen LogP contribution in [0.1, 0.15) is 13.8 Å². The fourth-order valence-corrected chi connectivity index (χ4v) is 3.19. The molecule has 0 spiro atoms. The Morgan fingerprint density at radius 2 is 2.06 bits per heavy atom. The van der Waals surface area contributed by atoms with Crippen molar-refractivity contribution >= 4 is 34.4 Å². The number of amidine groups is 1. The Balaban J connectivity index is 1.99. The highest BCUT2D eigenvalue weighted by Gasteiger charge is 2.20. The summed E-state index contributed by atoms with van der Waals surface area (Å²) in [7, 11) is 0. The number of anilines is 1. The van der Waals surface area contributed by atoms with Crippen LogP contribution in [0.25, 0.3) is 0 Å². The summed E-state index contributed by atoms with van der Waals surface area (Å²) in [6.07, 6.45) is 2.09. The Morgan fingerprint density at radius 1 is 1.35 bits per heavy atom. The van der Waals surface area contributed by atoms with Crippen LogP contribution in [0.2, 0.25) is 0 Å². The average Bonchev–Trinajstić information content (AvgIpc) is 2.79. The lowest BCUT2D eigenvalue weighted by molar-refractivity contribution is 0.543. The average molecular weight is 266 g/mol. The van der Waals surface area contributed by atoms with Gasteiger partial charge in [0, 0.05) is 16.3 Å². The highest BCUT2D eigenvalue weighted by Crippen LogP contribution is 2.25. The van der Waals surface area contributed by atoms with Gasteiger partial charge in [0.1, 0.15) is 0 Å². The van der Waals surface area contributed by atoms with E-state index in [2.05, 4.69) is 54.7 Å². The second kappa shape index (κ2) is 5.83. The number of hydrogen-bond donors (Lipinski definition) is 1. The van der Waals surface area contributed by atoms with Gasteiger partial charge in [-0.05, 0) is 36.4 Å². The second-order valence-corrected chi connectivity index (χ2v) is 6.30. The van der Waals surface area contributed by atoms with E-state index in [1.165, 1.54) is 4.90 Å². The van der Waals surface area contributed by atoms with Crippen molar-refractivity contribution in [3.05, 3.63) is 24.3 Å². The second-order valence-electron chi connectivity index (χ2n) is 4.41. The summed E-state index contributed by atoms with van der Waals surface area (Å²) >= 11 is 3.58. The molecule has 1 aliphatic heterocycles. The van der Waals surface area contributed by atoms with Crippen LogP contribution >= 0.6 is 23.5 Å². The van der Waals surface area contributed by atoms with Crippen molar-refractivity contribution in [1.29, 1.82) is 0 Å². The van der Waals surface area contributed by atoms with Gasteiger partial charge in [-0.25, -0.2) is 0 Å². The molecule has 0 saturated carbocycles. The lowest BCUT2D eigenvalue weighted by atomic mass is 10.1. The molecule has 0 radical (unpaired) electrons. The van der Waals surface area contributed by atoms with Gasteiger partial charge in [-0.1, -0.05) is 25.6 Å². The molecule has 1 aliphatic rings. The van der Waals surface area contributed by atoms with Crippen molar-refractivity contribution in [3.63, 3.8) is 0 Å². The van der Waals surface area contributed by atoms with Crippen molar-refractivity contribution < 1.29 is 0 Å². The van der Waals surface area contributed by atoms with Gasteiger partial charge in [0.2, 0.25) is 0 Å². The molecule has 17 heavy (non-hydrogen) atoms. The topological polar surface area (TPSA) is 24.4 Å². The van der Waals surface area contributed by atoms with Crippen LogP contribution in [0.5, 0.6) is 0 Å². The van der Waals surface area contributed by atoms with E-state index in [-0.39, 0.29) is 0 Å². The van der Waals surface area contributed by atoms with E-state index in [0.29, 0.717) is 12.0 Å². The number of nitrogens with zero attached hydrogens (tertiary/aromatic N) is 1. The predicted molar refractivity (Wildman–Crippen MR) is 80.4 cm³/mol. The van der Waals surface area contributed by atoms with E-state index >= 15 is 0 Å². The summed E-state index contributed by atoms with van der Waals surface area (Å²) in [5.41, 5.74) is 1.12. The number of hydrogen-bond acceptors (Lipinski definition) is 4. The number of nitrogens with one attached hydrogen (secondary N) is 1. The molecule has 4 heteroatoms. The van der Waals surface area contributed by atoms with Gasteiger partial charge < -0.3 is 5.32 Å². The van der Waals surface area contributed by atoms with Crippen LogP contribution in [0, 0.1) is 5.92 Å². The van der Waals surface area contributed by atoms with Crippen LogP contribution in [-0.2, 0) is 0 Å². The number of benzene rings is 1. The van der Waals surface area contributed by atoms with E-state index < -0.39 is 0 Å². The summed E-state index contributed by atoms with van der Waals surface area (Å²) in [5.74, 6) is 1.73. The maximum absolute atomic E-state index is 4.69. The smallest absolute Gasteiger partial charge is 0.161 e.